The fourth-order valence-electron chi connectivity index (χ4n) is 2.18. The Morgan fingerprint density at radius 2 is 1.80 bits per heavy atom. The molecule has 1 aliphatic heterocycles. The van der Waals surface area contributed by atoms with E-state index in [4.69, 9.17) is 9.47 Å². The van der Waals surface area contributed by atoms with Crippen LogP contribution in [0.2, 0.25) is 0 Å². The van der Waals surface area contributed by atoms with Gasteiger partial charge in [-0.2, -0.15) is 4.31 Å². The van der Waals surface area contributed by atoms with Gasteiger partial charge in [0, 0.05) is 31.8 Å². The van der Waals surface area contributed by atoms with Gasteiger partial charge in [0.2, 0.25) is 10.0 Å². The van der Waals surface area contributed by atoms with Crippen LogP contribution in [0.25, 0.3) is 0 Å². The highest BCUT2D eigenvalue weighted by molar-refractivity contribution is 9.10. The lowest BCUT2D eigenvalue weighted by Gasteiger charge is -2.17. The predicted octanol–water partition coefficient (Wildman–Crippen LogP) is 1.62. The summed E-state index contributed by atoms with van der Waals surface area (Å²) in [5.41, 5.74) is 0. The topological polar surface area (TPSA) is 55.8 Å². The molecule has 0 amide bonds. The molecular formula is C12H15BrFNO4S. The summed E-state index contributed by atoms with van der Waals surface area (Å²) in [4.78, 5) is 0.0329. The number of hydrogen-bond acceptors (Lipinski definition) is 4. The fraction of sp³-hybridized carbons (Fsp3) is 0.500. The monoisotopic (exact) mass is 367 g/mol. The molecule has 0 N–H and O–H groups in total. The van der Waals surface area contributed by atoms with Crippen LogP contribution in [-0.4, -0.2) is 52.2 Å². The molecule has 8 heteroatoms. The number of sulfonamides is 1. The van der Waals surface area contributed by atoms with E-state index < -0.39 is 15.8 Å². The molecule has 2 rings (SSSR count). The van der Waals surface area contributed by atoms with Crippen LogP contribution in [0.5, 0.6) is 0 Å². The first kappa shape index (κ1) is 15.8. The minimum atomic E-state index is -3.71. The van der Waals surface area contributed by atoms with Crippen molar-refractivity contribution in [2.75, 3.05) is 27.3 Å². The van der Waals surface area contributed by atoms with Crippen LogP contribution in [0.4, 0.5) is 4.39 Å². The molecule has 112 valence electrons. The minimum absolute atomic E-state index is 0.0329. The van der Waals surface area contributed by atoms with Crippen molar-refractivity contribution < 1.29 is 22.3 Å². The van der Waals surface area contributed by atoms with Crippen LogP contribution in [0.3, 0.4) is 0 Å². The molecule has 0 radical (unpaired) electrons. The fourth-order valence-corrected chi connectivity index (χ4v) is 4.66. The first-order valence-corrected chi connectivity index (χ1v) is 8.14. The van der Waals surface area contributed by atoms with Gasteiger partial charge in [0.25, 0.3) is 0 Å². The summed E-state index contributed by atoms with van der Waals surface area (Å²) in [6.07, 6.45) is -0.622. The van der Waals surface area contributed by atoms with Gasteiger partial charge < -0.3 is 9.47 Å². The van der Waals surface area contributed by atoms with E-state index in [1.165, 1.54) is 24.6 Å². The zero-order valence-electron chi connectivity index (χ0n) is 11.0. The minimum Gasteiger partial charge on any atom is -0.377 e. The van der Waals surface area contributed by atoms with Crippen molar-refractivity contribution in [2.45, 2.75) is 17.1 Å². The van der Waals surface area contributed by atoms with Crippen molar-refractivity contribution in [3.63, 3.8) is 0 Å². The lowest BCUT2D eigenvalue weighted by atomic mass is 10.3. The first-order valence-electron chi connectivity index (χ1n) is 5.91. The second-order valence-electron chi connectivity index (χ2n) is 4.45. The maximum absolute atomic E-state index is 13.1. The Balaban J connectivity index is 2.32. The third-order valence-corrected chi connectivity index (χ3v) is 6.11. The van der Waals surface area contributed by atoms with Crippen LogP contribution in [-0.2, 0) is 19.5 Å². The van der Waals surface area contributed by atoms with E-state index in [-0.39, 0.29) is 34.7 Å². The maximum atomic E-state index is 13.1. The molecule has 0 aliphatic carbocycles. The van der Waals surface area contributed by atoms with Crippen molar-refractivity contribution in [3.8, 4) is 0 Å². The van der Waals surface area contributed by atoms with Gasteiger partial charge >= 0.3 is 0 Å². The zero-order chi connectivity index (χ0) is 14.9. The lowest BCUT2D eigenvalue weighted by Crippen LogP contribution is -2.30. The quantitative estimate of drug-likeness (QED) is 0.811. The van der Waals surface area contributed by atoms with Crippen molar-refractivity contribution in [1.82, 2.24) is 4.31 Å². The SMILES string of the molecule is COC1CN(S(=O)(=O)c2ccc(F)cc2Br)CC1OC. The van der Waals surface area contributed by atoms with Crippen LogP contribution in [0.1, 0.15) is 0 Å². The summed E-state index contributed by atoms with van der Waals surface area (Å²) in [7, 11) is -0.683. The highest BCUT2D eigenvalue weighted by atomic mass is 79.9. The van der Waals surface area contributed by atoms with Gasteiger partial charge in [-0.1, -0.05) is 0 Å². The molecular weight excluding hydrogens is 353 g/mol. The van der Waals surface area contributed by atoms with Crippen molar-refractivity contribution in [3.05, 3.63) is 28.5 Å². The molecule has 20 heavy (non-hydrogen) atoms. The molecule has 2 unspecified atom stereocenters. The summed E-state index contributed by atoms with van der Waals surface area (Å²) in [6.45, 7) is 0.419. The number of ether oxygens (including phenoxy) is 2. The second kappa shape index (κ2) is 6.07. The third kappa shape index (κ3) is 2.89. The van der Waals surface area contributed by atoms with E-state index in [1.54, 1.807) is 0 Å². The first-order chi connectivity index (χ1) is 9.40. The van der Waals surface area contributed by atoms with Crippen LogP contribution in [0.15, 0.2) is 27.6 Å². The third-order valence-electron chi connectivity index (χ3n) is 3.30. The predicted molar refractivity (Wildman–Crippen MR) is 74.5 cm³/mol. The van der Waals surface area contributed by atoms with Gasteiger partial charge in [-0.3, -0.25) is 0 Å². The summed E-state index contributed by atoms with van der Waals surface area (Å²) in [6, 6.07) is 3.50. The number of nitrogens with zero attached hydrogens (tertiary/aromatic N) is 1. The van der Waals surface area contributed by atoms with E-state index in [9.17, 15) is 12.8 Å². The smallest absolute Gasteiger partial charge is 0.244 e. The Kier molecular flexibility index (Phi) is 4.80. The van der Waals surface area contributed by atoms with E-state index >= 15 is 0 Å². The van der Waals surface area contributed by atoms with Gasteiger partial charge in [0.15, 0.2) is 0 Å². The van der Waals surface area contributed by atoms with Gasteiger partial charge in [0.1, 0.15) is 5.82 Å². The molecule has 0 bridgehead atoms. The summed E-state index contributed by atoms with van der Waals surface area (Å²) in [5.74, 6) is -0.498. The molecule has 1 aromatic rings. The largest absolute Gasteiger partial charge is 0.377 e. The number of halogens is 2. The van der Waals surface area contributed by atoms with Gasteiger partial charge in [-0.25, -0.2) is 12.8 Å². The lowest BCUT2D eigenvalue weighted by molar-refractivity contribution is -0.00461. The molecule has 0 saturated carbocycles. The van der Waals surface area contributed by atoms with Crippen LogP contribution < -0.4 is 0 Å². The summed E-state index contributed by atoms with van der Waals surface area (Å²) >= 11 is 3.09. The standard InChI is InChI=1S/C12H15BrFNO4S/c1-18-10-6-15(7-11(10)19-2)20(16,17)12-4-3-8(14)5-9(12)13/h3-5,10-11H,6-7H2,1-2H3. The van der Waals surface area contributed by atoms with E-state index in [1.807, 2.05) is 0 Å². The molecule has 5 nitrogen and oxygen atoms in total. The molecule has 0 spiro atoms. The average molecular weight is 368 g/mol. The molecule has 1 aromatic carbocycles. The van der Waals surface area contributed by atoms with E-state index in [2.05, 4.69) is 15.9 Å². The number of benzene rings is 1. The number of methoxy groups -OCH3 is 2. The van der Waals surface area contributed by atoms with Crippen molar-refractivity contribution in [1.29, 1.82) is 0 Å². The van der Waals surface area contributed by atoms with Gasteiger partial charge in [-0.15, -0.1) is 0 Å². The van der Waals surface area contributed by atoms with Gasteiger partial charge in [0.05, 0.1) is 17.1 Å². The number of hydrogen-bond donors (Lipinski definition) is 0. The number of rotatable bonds is 4. The summed E-state index contributed by atoms with van der Waals surface area (Å²) < 4.78 is 50.1. The second-order valence-corrected chi connectivity index (χ2v) is 7.21. The van der Waals surface area contributed by atoms with Crippen LogP contribution in [0, 0.1) is 5.82 Å². The Hall–Kier alpha value is -0.540. The Morgan fingerprint density at radius 1 is 1.25 bits per heavy atom. The molecule has 2 atom stereocenters. The highest BCUT2D eigenvalue weighted by Crippen LogP contribution is 2.29. The van der Waals surface area contributed by atoms with Crippen molar-refractivity contribution >= 4 is 26.0 Å². The Morgan fingerprint density at radius 3 is 2.25 bits per heavy atom. The summed E-state index contributed by atoms with van der Waals surface area (Å²) in [5, 5.41) is 0. The zero-order valence-corrected chi connectivity index (χ0v) is 13.4. The van der Waals surface area contributed by atoms with Crippen molar-refractivity contribution in [2.24, 2.45) is 0 Å². The molecule has 1 heterocycles. The van der Waals surface area contributed by atoms with Gasteiger partial charge in [-0.05, 0) is 34.1 Å². The normalized spacial score (nSPS) is 24.2. The molecule has 1 aliphatic rings. The molecule has 1 saturated heterocycles. The average Bonchev–Trinajstić information content (AvgIpc) is 2.82. The van der Waals surface area contributed by atoms with E-state index in [0.717, 1.165) is 12.1 Å². The molecule has 1 fully saturated rings. The van der Waals surface area contributed by atoms with E-state index in [0.29, 0.717) is 0 Å². The Labute approximate surface area is 125 Å². The molecule has 0 aromatic heterocycles. The Bertz CT molecular complexity index is 583. The highest BCUT2D eigenvalue weighted by Gasteiger charge is 2.40. The van der Waals surface area contributed by atoms with Crippen LogP contribution >= 0.6 is 15.9 Å². The maximum Gasteiger partial charge on any atom is 0.244 e.